The first kappa shape index (κ1) is 27.9. The summed E-state index contributed by atoms with van der Waals surface area (Å²) >= 11 is 0. The summed E-state index contributed by atoms with van der Waals surface area (Å²) in [5.41, 5.74) is -1.56. The van der Waals surface area contributed by atoms with Crippen LogP contribution in [0, 0.1) is 11.3 Å². The third kappa shape index (κ3) is 5.25. The van der Waals surface area contributed by atoms with Crippen molar-refractivity contribution >= 4 is 34.2 Å². The molecule has 0 saturated heterocycles. The molecule has 40 heavy (non-hydrogen) atoms. The number of carbonyl (C=O) groups is 2. The van der Waals surface area contributed by atoms with Crippen molar-refractivity contribution in [3.05, 3.63) is 70.9 Å². The van der Waals surface area contributed by atoms with Gasteiger partial charge in [-0.15, -0.1) is 0 Å². The Kier molecular flexibility index (Phi) is 7.39. The van der Waals surface area contributed by atoms with Gasteiger partial charge in [-0.2, -0.15) is 18.4 Å². The molecule has 0 bridgehead atoms. The number of fused-ring (bicyclic) bond motifs is 1. The number of carbonyl (C=O) groups excluding carboxylic acids is 1. The Morgan fingerprint density at radius 2 is 1.88 bits per heavy atom. The van der Waals surface area contributed by atoms with E-state index >= 15 is 0 Å². The number of anilines is 2. The Labute approximate surface area is 224 Å². The Morgan fingerprint density at radius 1 is 1.15 bits per heavy atom. The molecule has 0 fully saturated rings. The van der Waals surface area contributed by atoms with Gasteiger partial charge in [0.2, 0.25) is 5.91 Å². The minimum atomic E-state index is -4.80. The Balaban J connectivity index is 1.84. The summed E-state index contributed by atoms with van der Waals surface area (Å²) in [4.78, 5) is 24.5. The standard InChI is InChI=1S/C27H21F3N4O6/c1-13(35)34(2)15-5-6-16(20(9-15)27(28,29)30)17-10-19-23(11-22(17)39-3)40-33-24(19)25(36)32-21-7-4-14(12-31)8-18(21)26(37)38/h4-11,25,32,36H,1-3H3,(H,37,38). The quantitative estimate of drug-likeness (QED) is 0.263. The zero-order chi connectivity index (χ0) is 29.4. The van der Waals surface area contributed by atoms with Gasteiger partial charge in [0, 0.05) is 31.3 Å². The van der Waals surface area contributed by atoms with Crippen LogP contribution in [0.1, 0.15) is 40.3 Å². The fourth-order valence-corrected chi connectivity index (χ4v) is 4.09. The monoisotopic (exact) mass is 554 g/mol. The van der Waals surface area contributed by atoms with Gasteiger partial charge in [0.15, 0.2) is 11.8 Å². The third-order valence-electron chi connectivity index (χ3n) is 6.21. The van der Waals surface area contributed by atoms with Crippen molar-refractivity contribution in [2.24, 2.45) is 0 Å². The third-order valence-corrected chi connectivity index (χ3v) is 6.21. The average molecular weight is 554 g/mol. The SMILES string of the molecule is COc1cc2onc(C(O)Nc3ccc(C#N)cc3C(=O)O)c2cc1-c1ccc(N(C)C(C)=O)cc1C(F)(F)F. The smallest absolute Gasteiger partial charge is 0.417 e. The number of nitriles is 1. The number of aliphatic hydroxyl groups is 1. The van der Waals surface area contributed by atoms with Crippen LogP contribution >= 0.6 is 0 Å². The van der Waals surface area contributed by atoms with Gasteiger partial charge in [-0.1, -0.05) is 11.2 Å². The number of amides is 1. The van der Waals surface area contributed by atoms with Crippen molar-refractivity contribution in [1.29, 1.82) is 5.26 Å². The predicted octanol–water partition coefficient (Wildman–Crippen LogP) is 5.18. The number of carboxylic acids is 1. The van der Waals surface area contributed by atoms with E-state index in [1.165, 1.54) is 57.5 Å². The molecule has 13 heteroatoms. The zero-order valence-electron chi connectivity index (χ0n) is 21.2. The number of methoxy groups -OCH3 is 1. The Bertz CT molecular complexity index is 1680. The molecule has 3 aromatic carbocycles. The van der Waals surface area contributed by atoms with E-state index < -0.39 is 29.8 Å². The first-order valence-corrected chi connectivity index (χ1v) is 11.5. The second-order valence-electron chi connectivity index (χ2n) is 8.65. The van der Waals surface area contributed by atoms with Crippen LogP contribution in [0.3, 0.4) is 0 Å². The number of aromatic nitrogens is 1. The molecule has 10 nitrogen and oxygen atoms in total. The minimum Gasteiger partial charge on any atom is -0.496 e. The predicted molar refractivity (Wildman–Crippen MR) is 137 cm³/mol. The summed E-state index contributed by atoms with van der Waals surface area (Å²) in [7, 11) is 2.62. The molecule has 0 aliphatic carbocycles. The van der Waals surface area contributed by atoms with E-state index in [0.717, 1.165) is 17.0 Å². The summed E-state index contributed by atoms with van der Waals surface area (Å²) in [6.07, 6.45) is -6.45. The highest BCUT2D eigenvalue weighted by atomic mass is 19.4. The number of hydrogen-bond acceptors (Lipinski definition) is 8. The Morgan fingerprint density at radius 3 is 2.48 bits per heavy atom. The summed E-state index contributed by atoms with van der Waals surface area (Å²) in [6.45, 7) is 1.22. The number of halogens is 3. The highest BCUT2D eigenvalue weighted by Crippen LogP contribution is 2.44. The zero-order valence-corrected chi connectivity index (χ0v) is 21.2. The number of aromatic carboxylic acids is 1. The fourth-order valence-electron chi connectivity index (χ4n) is 4.09. The van der Waals surface area contributed by atoms with Crippen molar-refractivity contribution < 1.29 is 42.2 Å². The average Bonchev–Trinajstić information content (AvgIpc) is 3.34. The number of alkyl halides is 3. The van der Waals surface area contributed by atoms with Gasteiger partial charge in [-0.25, -0.2) is 4.79 Å². The molecule has 0 aliphatic rings. The van der Waals surface area contributed by atoms with Crippen LogP contribution in [0.15, 0.2) is 53.1 Å². The number of nitrogens with one attached hydrogen (secondary N) is 1. The van der Waals surface area contributed by atoms with Crippen LogP contribution in [-0.4, -0.2) is 41.4 Å². The van der Waals surface area contributed by atoms with Gasteiger partial charge in [-0.05, 0) is 42.0 Å². The van der Waals surface area contributed by atoms with Crippen molar-refractivity contribution in [1.82, 2.24) is 5.16 Å². The molecule has 206 valence electrons. The lowest BCUT2D eigenvalue weighted by atomic mass is 9.95. The van der Waals surface area contributed by atoms with Crippen molar-refractivity contribution in [3.63, 3.8) is 0 Å². The lowest BCUT2D eigenvalue weighted by Crippen LogP contribution is -2.23. The molecule has 1 amide bonds. The fraction of sp³-hybridized carbons (Fsp3) is 0.185. The van der Waals surface area contributed by atoms with E-state index in [0.29, 0.717) is 0 Å². The van der Waals surface area contributed by atoms with Gasteiger partial charge in [0.1, 0.15) is 11.4 Å². The highest BCUT2D eigenvalue weighted by Gasteiger charge is 2.35. The topological polar surface area (TPSA) is 149 Å². The number of rotatable bonds is 7. The molecular weight excluding hydrogens is 533 g/mol. The van der Waals surface area contributed by atoms with Gasteiger partial charge in [0.25, 0.3) is 0 Å². The first-order chi connectivity index (χ1) is 18.8. The van der Waals surface area contributed by atoms with E-state index in [9.17, 15) is 33.0 Å². The highest BCUT2D eigenvalue weighted by molar-refractivity contribution is 5.95. The molecule has 0 spiro atoms. The molecule has 1 atom stereocenters. The lowest BCUT2D eigenvalue weighted by Gasteiger charge is -2.20. The minimum absolute atomic E-state index is 0.000557. The molecule has 4 aromatic rings. The molecule has 1 unspecified atom stereocenters. The number of ether oxygens (including phenoxy) is 1. The number of hydrogen-bond donors (Lipinski definition) is 3. The van der Waals surface area contributed by atoms with Gasteiger partial charge < -0.3 is 29.7 Å². The largest absolute Gasteiger partial charge is 0.496 e. The summed E-state index contributed by atoms with van der Waals surface area (Å²) in [5, 5.41) is 36.0. The van der Waals surface area contributed by atoms with Crippen LogP contribution in [-0.2, 0) is 11.0 Å². The van der Waals surface area contributed by atoms with Crippen LogP contribution in [0.5, 0.6) is 5.75 Å². The molecule has 0 aliphatic heterocycles. The molecular formula is C27H21F3N4O6. The van der Waals surface area contributed by atoms with Crippen LogP contribution < -0.4 is 15.0 Å². The van der Waals surface area contributed by atoms with E-state index in [2.05, 4.69) is 10.5 Å². The van der Waals surface area contributed by atoms with E-state index in [1.54, 1.807) is 0 Å². The molecule has 3 N–H and O–H groups in total. The molecule has 1 aromatic heterocycles. The maximum atomic E-state index is 14.2. The maximum absolute atomic E-state index is 14.2. The molecule has 4 rings (SSSR count). The first-order valence-electron chi connectivity index (χ1n) is 11.5. The van der Waals surface area contributed by atoms with Crippen LogP contribution in [0.2, 0.25) is 0 Å². The lowest BCUT2D eigenvalue weighted by molar-refractivity contribution is -0.137. The number of aliphatic hydroxyl groups excluding tert-OH is 1. The van der Waals surface area contributed by atoms with Gasteiger partial charge in [-0.3, -0.25) is 4.79 Å². The van der Waals surface area contributed by atoms with Gasteiger partial charge >= 0.3 is 12.1 Å². The van der Waals surface area contributed by atoms with Crippen LogP contribution in [0.4, 0.5) is 24.5 Å². The summed E-state index contributed by atoms with van der Waals surface area (Å²) in [6, 6.07) is 11.6. The van der Waals surface area contributed by atoms with Crippen LogP contribution in [0.25, 0.3) is 22.1 Å². The van der Waals surface area contributed by atoms with Crippen molar-refractivity contribution in [2.45, 2.75) is 19.3 Å². The van der Waals surface area contributed by atoms with E-state index in [4.69, 9.17) is 14.5 Å². The normalized spacial score (nSPS) is 12.1. The summed E-state index contributed by atoms with van der Waals surface area (Å²) in [5.74, 6) is -1.79. The maximum Gasteiger partial charge on any atom is 0.417 e. The number of nitrogens with zero attached hydrogens (tertiary/aromatic N) is 3. The number of benzene rings is 3. The molecule has 0 radical (unpaired) electrons. The molecule has 1 heterocycles. The van der Waals surface area contributed by atoms with Crippen molar-refractivity contribution in [2.75, 3.05) is 24.4 Å². The molecule has 0 saturated carbocycles. The van der Waals surface area contributed by atoms with Crippen molar-refractivity contribution in [3.8, 4) is 22.9 Å². The second-order valence-corrected chi connectivity index (χ2v) is 8.65. The number of carboxylic acid groups (broad SMARTS) is 1. The summed E-state index contributed by atoms with van der Waals surface area (Å²) < 4.78 is 53.2. The van der Waals surface area contributed by atoms with E-state index in [1.807, 2.05) is 6.07 Å². The van der Waals surface area contributed by atoms with E-state index in [-0.39, 0.29) is 56.0 Å². The Hall–Kier alpha value is -5.09. The second kappa shape index (κ2) is 10.6. The van der Waals surface area contributed by atoms with Gasteiger partial charge in [0.05, 0.1) is 40.9 Å².